The van der Waals surface area contributed by atoms with Crippen molar-refractivity contribution in [3.05, 3.63) is 258 Å². The molecular formula is C72H59N. The van der Waals surface area contributed by atoms with Crippen LogP contribution in [0.3, 0.4) is 0 Å². The van der Waals surface area contributed by atoms with E-state index in [1.54, 1.807) is 0 Å². The highest BCUT2D eigenvalue weighted by Crippen LogP contribution is 2.55. The Morgan fingerprint density at radius 1 is 0.315 bits per heavy atom. The van der Waals surface area contributed by atoms with Gasteiger partial charge in [-0.3, -0.25) is 0 Å². The van der Waals surface area contributed by atoms with Gasteiger partial charge >= 0.3 is 0 Å². The van der Waals surface area contributed by atoms with E-state index in [2.05, 4.69) is 284 Å². The monoisotopic (exact) mass is 937 g/mol. The highest BCUT2D eigenvalue weighted by molar-refractivity contribution is 6.08. The molecule has 1 nitrogen and oxygen atoms in total. The van der Waals surface area contributed by atoms with Gasteiger partial charge in [0.05, 0.1) is 11.4 Å². The van der Waals surface area contributed by atoms with Crippen LogP contribution < -0.4 is 4.90 Å². The molecule has 73 heavy (non-hydrogen) atoms. The van der Waals surface area contributed by atoms with E-state index < -0.39 is 0 Å². The highest BCUT2D eigenvalue weighted by Gasteiger charge is 2.38. The molecule has 0 atom stereocenters. The summed E-state index contributed by atoms with van der Waals surface area (Å²) in [6.45, 7) is 16.3. The normalized spacial score (nSPS) is 13.9. The first-order valence-electron chi connectivity index (χ1n) is 26.0. The van der Waals surface area contributed by atoms with Gasteiger partial charge < -0.3 is 4.90 Å². The molecule has 0 radical (unpaired) electrons. The van der Waals surface area contributed by atoms with Crippen LogP contribution in [0, 0.1) is 0 Å². The lowest BCUT2D eigenvalue weighted by molar-refractivity contribution is 0.590. The molecule has 0 heterocycles. The molecule has 0 spiro atoms. The van der Waals surface area contributed by atoms with Crippen molar-refractivity contribution in [2.75, 3.05) is 4.90 Å². The lowest BCUT2D eigenvalue weighted by Gasteiger charge is -2.32. The van der Waals surface area contributed by atoms with Crippen LogP contribution in [-0.2, 0) is 16.2 Å². The summed E-state index contributed by atoms with van der Waals surface area (Å²) >= 11 is 0. The highest BCUT2D eigenvalue weighted by atomic mass is 15.1. The molecule has 1 heteroatoms. The van der Waals surface area contributed by atoms with Gasteiger partial charge in [0.2, 0.25) is 0 Å². The molecule has 0 unspecified atom stereocenters. The topological polar surface area (TPSA) is 3.24 Å². The summed E-state index contributed by atoms with van der Waals surface area (Å²) in [5.74, 6) is 0. The Bertz CT molecular complexity index is 3970. The lowest BCUT2D eigenvalue weighted by atomic mass is 9.82. The number of anilines is 3. The molecule has 0 aromatic heterocycles. The predicted molar refractivity (Wildman–Crippen MR) is 312 cm³/mol. The van der Waals surface area contributed by atoms with Crippen LogP contribution in [0.15, 0.2) is 231 Å². The van der Waals surface area contributed by atoms with Crippen molar-refractivity contribution in [1.29, 1.82) is 0 Å². The first-order valence-corrected chi connectivity index (χ1v) is 26.0. The van der Waals surface area contributed by atoms with Gasteiger partial charge in [-0.2, -0.15) is 0 Å². The van der Waals surface area contributed by atoms with Gasteiger partial charge in [0, 0.05) is 27.6 Å². The molecular weight excluding hydrogens is 879 g/mol. The first kappa shape index (κ1) is 44.7. The summed E-state index contributed by atoms with van der Waals surface area (Å²) in [5.41, 5.74) is 24.8. The Morgan fingerprint density at radius 2 is 0.822 bits per heavy atom. The second-order valence-electron chi connectivity index (χ2n) is 22.5. The average Bonchev–Trinajstić information content (AvgIpc) is 3.78. The molecule has 0 aliphatic heterocycles. The minimum atomic E-state index is -0.164. The second kappa shape index (κ2) is 16.7. The van der Waals surface area contributed by atoms with Crippen molar-refractivity contribution < 1.29 is 0 Å². The lowest BCUT2D eigenvalue weighted by Crippen LogP contribution is -2.16. The summed E-state index contributed by atoms with van der Waals surface area (Å²) in [6.07, 6.45) is 0. The summed E-state index contributed by atoms with van der Waals surface area (Å²) in [7, 11) is 0. The number of benzene rings is 11. The molecule has 11 aromatic carbocycles. The van der Waals surface area contributed by atoms with E-state index >= 15 is 0 Å². The summed E-state index contributed by atoms with van der Waals surface area (Å²) in [4.78, 5) is 2.57. The summed E-state index contributed by atoms with van der Waals surface area (Å²) < 4.78 is 0. The number of hydrogen-bond acceptors (Lipinski definition) is 1. The van der Waals surface area contributed by atoms with E-state index in [9.17, 15) is 0 Å². The maximum absolute atomic E-state index is 2.57. The molecule has 0 amide bonds. The number of hydrogen-bond donors (Lipinski definition) is 0. The Morgan fingerprint density at radius 3 is 1.55 bits per heavy atom. The standard InChI is InChI=1S/C72H59N/c1-70(2,3)55-34-29-47(30-35-55)46-25-27-48(28-26-46)53-33-39-67(59(41-53)49-17-9-8-10-18-49)73(56-36-38-65-62(45-56)61-42-51-20-11-12-21-52(51)44-66(61)72(65,6)7)68-40-32-50-19-13-14-22-57(50)69(68)54-31-37-64-60(43-54)58-23-15-16-24-63(58)71(64,4)5/h8-45H,1-7H3. The number of rotatable bonds is 7. The zero-order valence-electron chi connectivity index (χ0n) is 42.9. The Labute approximate surface area is 431 Å². The molecule has 11 aromatic rings. The molecule has 0 fully saturated rings. The fraction of sp³-hybridized carbons (Fsp3) is 0.139. The largest absolute Gasteiger partial charge is 0.309 e. The van der Waals surface area contributed by atoms with Gasteiger partial charge in [-0.05, 0) is 159 Å². The number of fused-ring (bicyclic) bond motifs is 8. The quantitative estimate of drug-likeness (QED) is 0.154. The molecule has 0 bridgehead atoms. The van der Waals surface area contributed by atoms with E-state index in [1.165, 1.54) is 105 Å². The zero-order chi connectivity index (χ0) is 49.8. The fourth-order valence-electron chi connectivity index (χ4n) is 12.4. The van der Waals surface area contributed by atoms with E-state index in [0.29, 0.717) is 0 Å². The van der Waals surface area contributed by atoms with Gasteiger partial charge in [0.1, 0.15) is 0 Å². The third-order valence-corrected chi connectivity index (χ3v) is 16.4. The molecule has 2 aliphatic rings. The van der Waals surface area contributed by atoms with Gasteiger partial charge in [-0.25, -0.2) is 0 Å². The maximum atomic E-state index is 2.57. The van der Waals surface area contributed by atoms with Crippen molar-refractivity contribution >= 4 is 38.6 Å². The second-order valence-corrected chi connectivity index (χ2v) is 22.5. The predicted octanol–water partition coefficient (Wildman–Crippen LogP) is 20.0. The molecule has 13 rings (SSSR count). The van der Waals surface area contributed by atoms with Crippen molar-refractivity contribution in [3.8, 4) is 66.8 Å². The van der Waals surface area contributed by atoms with Crippen LogP contribution in [0.25, 0.3) is 88.3 Å². The smallest absolute Gasteiger partial charge is 0.0546 e. The molecule has 0 saturated heterocycles. The Balaban J connectivity index is 1.04. The third kappa shape index (κ3) is 7.28. The zero-order valence-corrected chi connectivity index (χ0v) is 42.9. The van der Waals surface area contributed by atoms with E-state index in [0.717, 1.165) is 28.2 Å². The van der Waals surface area contributed by atoms with Crippen LogP contribution in [0.1, 0.15) is 76.3 Å². The van der Waals surface area contributed by atoms with Gasteiger partial charge in [-0.1, -0.05) is 230 Å². The van der Waals surface area contributed by atoms with Crippen molar-refractivity contribution in [2.45, 2.75) is 64.7 Å². The van der Waals surface area contributed by atoms with Gasteiger partial charge in [0.15, 0.2) is 0 Å². The summed E-state index contributed by atoms with van der Waals surface area (Å²) in [5, 5.41) is 4.98. The van der Waals surface area contributed by atoms with Crippen molar-refractivity contribution in [1.82, 2.24) is 0 Å². The van der Waals surface area contributed by atoms with Crippen molar-refractivity contribution in [3.63, 3.8) is 0 Å². The van der Waals surface area contributed by atoms with Crippen LogP contribution in [0.5, 0.6) is 0 Å². The van der Waals surface area contributed by atoms with E-state index in [1.807, 2.05) is 0 Å². The molecule has 2 aliphatic carbocycles. The number of nitrogens with zero attached hydrogens (tertiary/aromatic N) is 1. The van der Waals surface area contributed by atoms with E-state index in [-0.39, 0.29) is 16.2 Å². The maximum Gasteiger partial charge on any atom is 0.0546 e. The van der Waals surface area contributed by atoms with Crippen LogP contribution in [0.4, 0.5) is 17.1 Å². The first-order chi connectivity index (χ1) is 35.3. The van der Waals surface area contributed by atoms with Crippen LogP contribution in [-0.4, -0.2) is 0 Å². The average molecular weight is 938 g/mol. The van der Waals surface area contributed by atoms with Gasteiger partial charge in [0.25, 0.3) is 0 Å². The van der Waals surface area contributed by atoms with Crippen molar-refractivity contribution in [2.24, 2.45) is 0 Å². The summed E-state index contributed by atoms with van der Waals surface area (Å²) in [6, 6.07) is 87.1. The molecule has 0 saturated carbocycles. The SMILES string of the molecule is CC(C)(C)c1ccc(-c2ccc(-c3ccc(N(c4ccc5c(c4)-c4cc6ccccc6cc4C5(C)C)c4ccc5ccccc5c4-c4ccc5c(c4)-c4ccccc4C5(C)C)c(-c4ccccc4)c3)cc2)cc1. The minimum Gasteiger partial charge on any atom is -0.309 e. The molecule has 352 valence electrons. The van der Waals surface area contributed by atoms with Crippen LogP contribution in [0.2, 0.25) is 0 Å². The van der Waals surface area contributed by atoms with E-state index in [4.69, 9.17) is 0 Å². The fourth-order valence-corrected chi connectivity index (χ4v) is 12.4. The minimum absolute atomic E-state index is 0.0950. The van der Waals surface area contributed by atoms with Crippen LogP contribution >= 0.6 is 0 Å². The third-order valence-electron chi connectivity index (χ3n) is 16.4. The Kier molecular flexibility index (Phi) is 10.2. The Hall–Kier alpha value is -8.26. The van der Waals surface area contributed by atoms with Gasteiger partial charge in [-0.15, -0.1) is 0 Å². The molecule has 0 N–H and O–H groups in total.